The van der Waals surface area contributed by atoms with Gasteiger partial charge in [-0.1, -0.05) is 0 Å². The molecule has 5 heteroatoms. The number of rotatable bonds is 3. The third-order valence-corrected chi connectivity index (χ3v) is 2.70. The number of hydrogen-bond donors (Lipinski definition) is 3. The lowest BCUT2D eigenvalue weighted by Gasteiger charge is -2.02. The van der Waals surface area contributed by atoms with Crippen LogP contribution in [0.4, 0.5) is 4.79 Å². The smallest absolute Gasteiger partial charge is 0.404 e. The van der Waals surface area contributed by atoms with Gasteiger partial charge in [-0.2, -0.15) is 0 Å². The Labute approximate surface area is 98.2 Å². The van der Waals surface area contributed by atoms with Gasteiger partial charge in [0.15, 0.2) is 0 Å². The molecule has 0 aliphatic rings. The van der Waals surface area contributed by atoms with Crippen LogP contribution in [0.2, 0.25) is 0 Å². The quantitative estimate of drug-likeness (QED) is 0.756. The highest BCUT2D eigenvalue weighted by Gasteiger charge is 2.09. The second kappa shape index (κ2) is 4.37. The maximum Gasteiger partial charge on any atom is 0.404 e. The van der Waals surface area contributed by atoms with Gasteiger partial charge in [-0.3, -0.25) is 0 Å². The van der Waals surface area contributed by atoms with E-state index in [1.807, 2.05) is 13.0 Å². The average Bonchev–Trinajstić information content (AvgIpc) is 2.55. The van der Waals surface area contributed by atoms with Crippen molar-refractivity contribution in [2.24, 2.45) is 5.73 Å². The molecule has 0 fully saturated rings. The molecule has 0 radical (unpaired) electrons. The van der Waals surface area contributed by atoms with Crippen LogP contribution in [0.3, 0.4) is 0 Å². The van der Waals surface area contributed by atoms with Crippen LogP contribution in [0.5, 0.6) is 5.75 Å². The topological polar surface area (TPSA) is 88.3 Å². The Morgan fingerprint density at radius 3 is 3.00 bits per heavy atom. The fourth-order valence-electron chi connectivity index (χ4n) is 1.95. The highest BCUT2D eigenvalue weighted by Crippen LogP contribution is 2.26. The number of phenolic OH excluding ortho intramolecular Hbond substituents is 1. The van der Waals surface area contributed by atoms with Crippen molar-refractivity contribution in [3.05, 3.63) is 29.5 Å². The van der Waals surface area contributed by atoms with Crippen molar-refractivity contribution < 1.29 is 14.6 Å². The molecule has 2 rings (SSSR count). The van der Waals surface area contributed by atoms with E-state index in [0.29, 0.717) is 6.42 Å². The van der Waals surface area contributed by atoms with Crippen LogP contribution in [0.1, 0.15) is 11.3 Å². The van der Waals surface area contributed by atoms with E-state index in [4.69, 9.17) is 10.5 Å². The van der Waals surface area contributed by atoms with E-state index in [0.717, 1.165) is 22.2 Å². The summed E-state index contributed by atoms with van der Waals surface area (Å²) >= 11 is 0. The Morgan fingerprint density at radius 2 is 2.29 bits per heavy atom. The molecule has 1 aromatic heterocycles. The van der Waals surface area contributed by atoms with Gasteiger partial charge >= 0.3 is 6.09 Å². The molecule has 1 aromatic carbocycles. The van der Waals surface area contributed by atoms with E-state index < -0.39 is 6.09 Å². The fraction of sp³-hybridized carbons (Fsp3) is 0.250. The zero-order valence-electron chi connectivity index (χ0n) is 9.49. The number of carbonyl (C=O) groups excluding carboxylic acids is 1. The maximum atomic E-state index is 10.5. The molecule has 1 amide bonds. The number of nitrogens with one attached hydrogen (secondary N) is 1. The predicted molar refractivity (Wildman–Crippen MR) is 63.9 cm³/mol. The number of carbonyl (C=O) groups is 1. The number of aromatic amines is 1. The number of aromatic nitrogens is 1. The van der Waals surface area contributed by atoms with Crippen molar-refractivity contribution in [3.8, 4) is 5.75 Å². The molecule has 0 spiro atoms. The van der Waals surface area contributed by atoms with Gasteiger partial charge in [0.1, 0.15) is 5.75 Å². The molecule has 0 bridgehead atoms. The van der Waals surface area contributed by atoms with Crippen LogP contribution in [0.25, 0.3) is 10.9 Å². The Kier molecular flexibility index (Phi) is 2.91. The van der Waals surface area contributed by atoms with Gasteiger partial charge in [0, 0.05) is 23.0 Å². The summed E-state index contributed by atoms with van der Waals surface area (Å²) in [4.78, 5) is 13.7. The number of aromatic hydroxyl groups is 1. The average molecular weight is 234 g/mol. The zero-order valence-corrected chi connectivity index (χ0v) is 9.49. The first-order chi connectivity index (χ1) is 8.08. The standard InChI is InChI=1S/C12H14N2O3/c1-7-9(4-5-17-12(13)16)10-6-8(15)2-3-11(10)14-7/h2-3,6,14-15H,4-5H2,1H3,(H2,13,16). The summed E-state index contributed by atoms with van der Waals surface area (Å²) < 4.78 is 4.71. The molecule has 0 atom stereocenters. The van der Waals surface area contributed by atoms with Crippen molar-refractivity contribution in [3.63, 3.8) is 0 Å². The SMILES string of the molecule is Cc1[nH]c2ccc(O)cc2c1CCOC(N)=O. The molecule has 0 unspecified atom stereocenters. The van der Waals surface area contributed by atoms with E-state index in [1.165, 1.54) is 0 Å². The van der Waals surface area contributed by atoms with Gasteiger partial charge in [-0.05, 0) is 30.7 Å². The highest BCUT2D eigenvalue weighted by atomic mass is 16.5. The number of amides is 1. The number of ether oxygens (including phenoxy) is 1. The minimum Gasteiger partial charge on any atom is -0.508 e. The molecule has 0 saturated heterocycles. The second-order valence-electron chi connectivity index (χ2n) is 3.88. The molecular weight excluding hydrogens is 220 g/mol. The van der Waals surface area contributed by atoms with Crippen LogP contribution in [0, 0.1) is 6.92 Å². The lowest BCUT2D eigenvalue weighted by molar-refractivity contribution is 0.158. The number of H-pyrrole nitrogens is 1. The third-order valence-electron chi connectivity index (χ3n) is 2.70. The fourth-order valence-corrected chi connectivity index (χ4v) is 1.95. The van der Waals surface area contributed by atoms with E-state index in [-0.39, 0.29) is 12.4 Å². The van der Waals surface area contributed by atoms with Crippen LogP contribution in [0.15, 0.2) is 18.2 Å². The molecule has 17 heavy (non-hydrogen) atoms. The Bertz CT molecular complexity index is 560. The first-order valence-corrected chi connectivity index (χ1v) is 5.30. The molecule has 0 aliphatic carbocycles. The van der Waals surface area contributed by atoms with Gasteiger partial charge in [0.25, 0.3) is 0 Å². The number of primary amides is 1. The molecule has 2 aromatic rings. The van der Waals surface area contributed by atoms with Crippen molar-refractivity contribution in [2.75, 3.05) is 6.61 Å². The third kappa shape index (κ3) is 2.33. The van der Waals surface area contributed by atoms with Crippen molar-refractivity contribution >= 4 is 17.0 Å². The van der Waals surface area contributed by atoms with E-state index in [1.54, 1.807) is 12.1 Å². The zero-order chi connectivity index (χ0) is 12.4. The summed E-state index contributed by atoms with van der Waals surface area (Å²) in [5.41, 5.74) is 7.87. The summed E-state index contributed by atoms with van der Waals surface area (Å²) in [6.07, 6.45) is -0.205. The summed E-state index contributed by atoms with van der Waals surface area (Å²) in [5.74, 6) is 0.216. The minimum atomic E-state index is -0.773. The Morgan fingerprint density at radius 1 is 1.53 bits per heavy atom. The van der Waals surface area contributed by atoms with Crippen LogP contribution in [-0.2, 0) is 11.2 Å². The lowest BCUT2D eigenvalue weighted by atomic mass is 10.1. The number of benzene rings is 1. The number of fused-ring (bicyclic) bond motifs is 1. The first-order valence-electron chi connectivity index (χ1n) is 5.30. The second-order valence-corrected chi connectivity index (χ2v) is 3.88. The number of nitrogens with two attached hydrogens (primary N) is 1. The van der Waals surface area contributed by atoms with Crippen molar-refractivity contribution in [2.45, 2.75) is 13.3 Å². The molecule has 4 N–H and O–H groups in total. The van der Waals surface area contributed by atoms with Gasteiger partial charge in [0.05, 0.1) is 6.61 Å². The molecular formula is C12H14N2O3. The maximum absolute atomic E-state index is 10.5. The summed E-state index contributed by atoms with van der Waals surface area (Å²) in [6.45, 7) is 2.18. The lowest BCUT2D eigenvalue weighted by Crippen LogP contribution is -2.14. The summed E-state index contributed by atoms with van der Waals surface area (Å²) in [5, 5.41) is 10.4. The Balaban J connectivity index is 2.28. The minimum absolute atomic E-state index is 0.216. The van der Waals surface area contributed by atoms with E-state index in [9.17, 15) is 9.90 Å². The number of aryl methyl sites for hydroxylation is 1. The summed E-state index contributed by atoms with van der Waals surface area (Å²) in [6, 6.07) is 5.14. The van der Waals surface area contributed by atoms with E-state index in [2.05, 4.69) is 4.98 Å². The first kappa shape index (κ1) is 11.3. The van der Waals surface area contributed by atoms with Crippen LogP contribution >= 0.6 is 0 Å². The molecule has 0 saturated carbocycles. The largest absolute Gasteiger partial charge is 0.508 e. The van der Waals surface area contributed by atoms with E-state index >= 15 is 0 Å². The van der Waals surface area contributed by atoms with Crippen LogP contribution in [-0.4, -0.2) is 22.8 Å². The van der Waals surface area contributed by atoms with Gasteiger partial charge < -0.3 is 20.6 Å². The van der Waals surface area contributed by atoms with Crippen LogP contribution < -0.4 is 5.73 Å². The normalized spacial score (nSPS) is 10.6. The monoisotopic (exact) mass is 234 g/mol. The Hall–Kier alpha value is -2.17. The van der Waals surface area contributed by atoms with Gasteiger partial charge in [-0.25, -0.2) is 4.79 Å². The molecule has 0 aliphatic heterocycles. The van der Waals surface area contributed by atoms with Gasteiger partial charge in [0.2, 0.25) is 0 Å². The highest BCUT2D eigenvalue weighted by molar-refractivity contribution is 5.86. The molecule has 5 nitrogen and oxygen atoms in total. The van der Waals surface area contributed by atoms with Crippen molar-refractivity contribution in [1.82, 2.24) is 4.98 Å². The number of phenols is 1. The molecule has 1 heterocycles. The number of hydrogen-bond acceptors (Lipinski definition) is 3. The summed E-state index contributed by atoms with van der Waals surface area (Å²) in [7, 11) is 0. The van der Waals surface area contributed by atoms with Crippen molar-refractivity contribution in [1.29, 1.82) is 0 Å². The predicted octanol–water partition coefficient (Wildman–Crippen LogP) is 1.82. The van der Waals surface area contributed by atoms with Gasteiger partial charge in [-0.15, -0.1) is 0 Å². The molecule has 90 valence electrons.